The molecule has 0 unspecified atom stereocenters. The largest absolute Gasteiger partial charge is 0.309 e. The predicted molar refractivity (Wildman–Crippen MR) is 67.0 cm³/mol. The highest BCUT2D eigenvalue weighted by atomic mass is 32.2. The van der Waals surface area contributed by atoms with Gasteiger partial charge in [0.2, 0.25) is 10.0 Å². The van der Waals surface area contributed by atoms with Crippen molar-refractivity contribution in [1.29, 1.82) is 0 Å². The molecule has 0 saturated heterocycles. The Bertz CT molecular complexity index is 464. The second-order valence-corrected chi connectivity index (χ2v) is 6.59. The monoisotopic (exact) mass is 260 g/mol. The molecule has 0 fully saturated rings. The summed E-state index contributed by atoms with van der Waals surface area (Å²) in [5.74, 6) is 0. The standard InChI is InChI=1S/C10H20N4O2S/c1-10(2,13-17(4,15)16)8-11-7-9-5-6-14(3)12-9/h5-6,11,13H,7-8H2,1-4H3. The van der Waals surface area contributed by atoms with Gasteiger partial charge >= 0.3 is 0 Å². The van der Waals surface area contributed by atoms with Gasteiger partial charge in [0.25, 0.3) is 0 Å². The van der Waals surface area contributed by atoms with E-state index in [0.29, 0.717) is 13.1 Å². The minimum atomic E-state index is -3.18. The molecule has 7 heteroatoms. The summed E-state index contributed by atoms with van der Waals surface area (Å²) in [5, 5.41) is 7.40. The van der Waals surface area contributed by atoms with Crippen LogP contribution in [0.3, 0.4) is 0 Å². The molecule has 0 aliphatic carbocycles. The Morgan fingerprint density at radius 1 is 1.47 bits per heavy atom. The first-order valence-electron chi connectivity index (χ1n) is 5.36. The third kappa shape index (κ3) is 5.81. The van der Waals surface area contributed by atoms with Crippen molar-refractivity contribution in [3.8, 4) is 0 Å². The lowest BCUT2D eigenvalue weighted by atomic mass is 10.1. The van der Waals surface area contributed by atoms with Gasteiger partial charge < -0.3 is 5.32 Å². The van der Waals surface area contributed by atoms with Crippen LogP contribution >= 0.6 is 0 Å². The molecule has 98 valence electrons. The van der Waals surface area contributed by atoms with Gasteiger partial charge in [-0.3, -0.25) is 4.68 Å². The van der Waals surface area contributed by atoms with Gasteiger partial charge in [0, 0.05) is 31.9 Å². The predicted octanol–water partition coefficient (Wildman–Crippen LogP) is -0.162. The summed E-state index contributed by atoms with van der Waals surface area (Å²) >= 11 is 0. The van der Waals surface area contributed by atoms with Crippen LogP contribution in [0.4, 0.5) is 0 Å². The van der Waals surface area contributed by atoms with Gasteiger partial charge in [-0.15, -0.1) is 0 Å². The smallest absolute Gasteiger partial charge is 0.209 e. The van der Waals surface area contributed by atoms with E-state index in [4.69, 9.17) is 0 Å². The van der Waals surface area contributed by atoms with E-state index >= 15 is 0 Å². The first kappa shape index (κ1) is 14.1. The molecule has 2 N–H and O–H groups in total. The van der Waals surface area contributed by atoms with Gasteiger partial charge in [0.05, 0.1) is 11.9 Å². The van der Waals surface area contributed by atoms with Crippen LogP contribution in [0.1, 0.15) is 19.5 Å². The van der Waals surface area contributed by atoms with Crippen LogP contribution < -0.4 is 10.0 Å². The van der Waals surface area contributed by atoms with Crippen molar-refractivity contribution in [2.75, 3.05) is 12.8 Å². The molecule has 1 aromatic rings. The van der Waals surface area contributed by atoms with Gasteiger partial charge in [-0.25, -0.2) is 13.1 Å². The highest BCUT2D eigenvalue weighted by molar-refractivity contribution is 7.88. The Morgan fingerprint density at radius 3 is 2.59 bits per heavy atom. The molecule has 0 amide bonds. The molecule has 1 rings (SSSR count). The van der Waals surface area contributed by atoms with Gasteiger partial charge in [-0.05, 0) is 19.9 Å². The average Bonchev–Trinajstić information content (AvgIpc) is 2.46. The minimum Gasteiger partial charge on any atom is -0.309 e. The van der Waals surface area contributed by atoms with Crippen LogP contribution in [0, 0.1) is 0 Å². The van der Waals surface area contributed by atoms with E-state index in [0.717, 1.165) is 11.9 Å². The van der Waals surface area contributed by atoms with Crippen LogP contribution in [-0.2, 0) is 23.6 Å². The van der Waals surface area contributed by atoms with Crippen molar-refractivity contribution in [3.05, 3.63) is 18.0 Å². The second kappa shape index (κ2) is 5.16. The fourth-order valence-corrected chi connectivity index (χ4v) is 2.67. The lowest BCUT2D eigenvalue weighted by Crippen LogP contribution is -2.49. The van der Waals surface area contributed by atoms with E-state index in [1.807, 2.05) is 33.2 Å². The van der Waals surface area contributed by atoms with E-state index in [9.17, 15) is 8.42 Å². The Morgan fingerprint density at radius 2 is 2.12 bits per heavy atom. The Kier molecular flexibility index (Phi) is 4.29. The summed E-state index contributed by atoms with van der Waals surface area (Å²) in [6.07, 6.45) is 3.03. The third-order valence-corrected chi connectivity index (χ3v) is 3.03. The number of hydrogen-bond acceptors (Lipinski definition) is 4. The number of nitrogens with zero attached hydrogens (tertiary/aromatic N) is 2. The third-order valence-electron chi connectivity index (χ3n) is 2.10. The lowest BCUT2D eigenvalue weighted by molar-refractivity contribution is 0.419. The van der Waals surface area contributed by atoms with E-state index in [1.54, 1.807) is 4.68 Å². The van der Waals surface area contributed by atoms with E-state index in [1.165, 1.54) is 0 Å². The van der Waals surface area contributed by atoms with Crippen molar-refractivity contribution in [1.82, 2.24) is 19.8 Å². The first-order valence-corrected chi connectivity index (χ1v) is 7.25. The van der Waals surface area contributed by atoms with Crippen molar-refractivity contribution < 1.29 is 8.42 Å². The fourth-order valence-electron chi connectivity index (χ4n) is 1.60. The number of hydrogen-bond donors (Lipinski definition) is 2. The summed E-state index contributed by atoms with van der Waals surface area (Å²) in [7, 11) is -1.32. The molecule has 0 atom stereocenters. The van der Waals surface area contributed by atoms with Crippen LogP contribution in [0.2, 0.25) is 0 Å². The van der Waals surface area contributed by atoms with E-state index in [2.05, 4.69) is 15.1 Å². The summed E-state index contributed by atoms with van der Waals surface area (Å²) < 4.78 is 26.6. The summed E-state index contributed by atoms with van der Waals surface area (Å²) in [6.45, 7) is 4.82. The molecule has 0 aliphatic heterocycles. The zero-order valence-corrected chi connectivity index (χ0v) is 11.5. The Labute approximate surface area is 102 Å². The number of nitrogens with one attached hydrogen (secondary N) is 2. The molecule has 17 heavy (non-hydrogen) atoms. The van der Waals surface area contributed by atoms with E-state index in [-0.39, 0.29) is 0 Å². The molecule has 0 spiro atoms. The number of aryl methyl sites for hydroxylation is 1. The number of sulfonamides is 1. The first-order chi connectivity index (χ1) is 7.68. The highest BCUT2D eigenvalue weighted by Crippen LogP contribution is 2.02. The lowest BCUT2D eigenvalue weighted by Gasteiger charge is -2.25. The summed E-state index contributed by atoms with van der Waals surface area (Å²) in [6, 6.07) is 1.92. The SMILES string of the molecule is Cn1ccc(CNCC(C)(C)NS(C)(=O)=O)n1. The molecule has 1 aromatic heterocycles. The molecule has 0 bridgehead atoms. The van der Waals surface area contributed by atoms with Crippen molar-refractivity contribution in [2.24, 2.45) is 7.05 Å². The molecule has 1 heterocycles. The fraction of sp³-hybridized carbons (Fsp3) is 0.700. The molecule has 0 radical (unpaired) electrons. The molecule has 6 nitrogen and oxygen atoms in total. The Balaban J connectivity index is 2.40. The van der Waals surface area contributed by atoms with Crippen molar-refractivity contribution in [2.45, 2.75) is 25.9 Å². The molecule has 0 aromatic carbocycles. The van der Waals surface area contributed by atoms with Gasteiger partial charge in [0.1, 0.15) is 0 Å². The van der Waals surface area contributed by atoms with Crippen LogP contribution in [-0.4, -0.2) is 36.5 Å². The quantitative estimate of drug-likeness (QED) is 0.745. The normalized spacial score (nSPS) is 12.9. The van der Waals surface area contributed by atoms with Crippen molar-refractivity contribution in [3.63, 3.8) is 0 Å². The Hall–Kier alpha value is -0.920. The van der Waals surface area contributed by atoms with Crippen LogP contribution in [0.25, 0.3) is 0 Å². The highest BCUT2D eigenvalue weighted by Gasteiger charge is 2.21. The second-order valence-electron chi connectivity index (χ2n) is 4.84. The molecule has 0 saturated carbocycles. The minimum absolute atomic E-state index is 0.512. The number of aromatic nitrogens is 2. The number of rotatable bonds is 6. The molecular formula is C10H20N4O2S. The average molecular weight is 260 g/mol. The zero-order chi connectivity index (χ0) is 13.1. The van der Waals surface area contributed by atoms with Gasteiger partial charge in [-0.2, -0.15) is 5.10 Å². The van der Waals surface area contributed by atoms with Gasteiger partial charge in [0.15, 0.2) is 0 Å². The maximum atomic E-state index is 11.1. The van der Waals surface area contributed by atoms with E-state index < -0.39 is 15.6 Å². The zero-order valence-electron chi connectivity index (χ0n) is 10.7. The van der Waals surface area contributed by atoms with Crippen LogP contribution in [0.15, 0.2) is 12.3 Å². The van der Waals surface area contributed by atoms with Crippen LogP contribution in [0.5, 0.6) is 0 Å². The molecular weight excluding hydrogens is 240 g/mol. The summed E-state index contributed by atoms with van der Waals surface area (Å²) in [5.41, 5.74) is 0.421. The maximum Gasteiger partial charge on any atom is 0.209 e. The topological polar surface area (TPSA) is 76.0 Å². The van der Waals surface area contributed by atoms with Gasteiger partial charge in [-0.1, -0.05) is 0 Å². The summed E-state index contributed by atoms with van der Waals surface area (Å²) in [4.78, 5) is 0. The van der Waals surface area contributed by atoms with Crippen molar-refractivity contribution >= 4 is 10.0 Å². The molecule has 0 aliphatic rings. The maximum absolute atomic E-state index is 11.1.